The number of carbonyl (C=O) groups excluding carboxylic acids is 2. The average Bonchev–Trinajstić information content (AvgIpc) is 2.85. The molecule has 5 unspecified atom stereocenters. The zero-order valence-electron chi connectivity index (χ0n) is 8.59. The standard InChI is InChI=1S/C10H12N2O4/c11-12-3-15-9(13)7-4-1-5-6(2-4)16-10(14)8(5)7/h4-8,11H,1-3H2. The zero-order valence-corrected chi connectivity index (χ0v) is 8.59. The Hall–Kier alpha value is -1.46. The van der Waals surface area contributed by atoms with Crippen LogP contribution in [-0.2, 0) is 19.1 Å². The molecule has 0 radical (unpaired) electrons. The summed E-state index contributed by atoms with van der Waals surface area (Å²) < 4.78 is 10.0. The number of nitrogens with zero attached hydrogens (tertiary/aromatic N) is 1. The highest BCUT2D eigenvalue weighted by Gasteiger charge is 2.64. The number of ether oxygens (including phenoxy) is 2. The molecule has 6 nitrogen and oxygen atoms in total. The fourth-order valence-corrected chi connectivity index (χ4v) is 3.52. The first kappa shape index (κ1) is 9.74. The number of nitrogens with one attached hydrogen (secondary N) is 1. The molecule has 0 aromatic heterocycles. The summed E-state index contributed by atoms with van der Waals surface area (Å²) in [5.41, 5.74) is 6.57. The van der Waals surface area contributed by atoms with Crippen LogP contribution in [0.3, 0.4) is 0 Å². The second-order valence-electron chi connectivity index (χ2n) is 4.67. The number of fused-ring (bicyclic) bond motifs is 1. The summed E-state index contributed by atoms with van der Waals surface area (Å²) in [4.78, 5) is 23.3. The lowest BCUT2D eigenvalue weighted by Crippen LogP contribution is -2.33. The van der Waals surface area contributed by atoms with Crippen molar-refractivity contribution in [2.45, 2.75) is 18.9 Å². The van der Waals surface area contributed by atoms with Crippen LogP contribution in [0.25, 0.3) is 0 Å². The largest absolute Gasteiger partial charge is 0.462 e. The Bertz CT molecular complexity index is 368. The molecule has 0 spiro atoms. The van der Waals surface area contributed by atoms with Crippen LogP contribution < -0.4 is 0 Å². The van der Waals surface area contributed by atoms with Crippen LogP contribution in [0.4, 0.5) is 0 Å². The highest BCUT2D eigenvalue weighted by atomic mass is 16.6. The fraction of sp³-hybridized carbons (Fsp3) is 0.800. The summed E-state index contributed by atoms with van der Waals surface area (Å²) in [5, 5.41) is 2.98. The summed E-state index contributed by atoms with van der Waals surface area (Å²) in [7, 11) is 0. The first-order chi connectivity index (χ1) is 7.72. The molecule has 1 N–H and O–H groups in total. The molecule has 1 saturated heterocycles. The van der Waals surface area contributed by atoms with Crippen molar-refractivity contribution in [3.05, 3.63) is 0 Å². The van der Waals surface area contributed by atoms with E-state index in [1.165, 1.54) is 0 Å². The van der Waals surface area contributed by atoms with Gasteiger partial charge in [-0.1, -0.05) is 0 Å². The number of rotatable bonds is 3. The molecule has 0 aromatic rings. The van der Waals surface area contributed by atoms with Crippen LogP contribution in [0.2, 0.25) is 0 Å². The zero-order chi connectivity index (χ0) is 11.3. The van der Waals surface area contributed by atoms with Gasteiger partial charge >= 0.3 is 11.9 Å². The molecule has 5 atom stereocenters. The van der Waals surface area contributed by atoms with E-state index in [1.807, 2.05) is 0 Å². The van der Waals surface area contributed by atoms with Crippen LogP contribution >= 0.6 is 0 Å². The van der Waals surface area contributed by atoms with Crippen LogP contribution in [0.15, 0.2) is 5.11 Å². The molecular formula is C10H12N2O4. The third kappa shape index (κ3) is 1.12. The maximum atomic E-state index is 11.8. The molecular weight excluding hydrogens is 212 g/mol. The SMILES string of the molecule is N=NCOC(=O)C1C2CC3OC(=O)C1C3C2. The second kappa shape index (κ2) is 3.26. The van der Waals surface area contributed by atoms with E-state index in [-0.39, 0.29) is 42.5 Å². The third-order valence-corrected chi connectivity index (χ3v) is 4.03. The normalized spacial score (nSPS) is 43.2. The first-order valence-corrected chi connectivity index (χ1v) is 5.42. The van der Waals surface area contributed by atoms with Gasteiger partial charge in [0.05, 0.1) is 11.8 Å². The number of esters is 2. The lowest BCUT2D eigenvalue weighted by molar-refractivity contribution is -0.155. The Kier molecular flexibility index (Phi) is 1.99. The molecule has 16 heavy (non-hydrogen) atoms. The summed E-state index contributed by atoms with van der Waals surface area (Å²) in [6, 6.07) is 0. The van der Waals surface area contributed by atoms with Crippen LogP contribution in [0.1, 0.15) is 12.8 Å². The van der Waals surface area contributed by atoms with Gasteiger partial charge in [-0.2, -0.15) is 5.11 Å². The predicted octanol–water partition coefficient (Wildman–Crippen LogP) is 0.716. The van der Waals surface area contributed by atoms with Gasteiger partial charge in [0.15, 0.2) is 0 Å². The molecule has 2 saturated carbocycles. The molecule has 0 amide bonds. The van der Waals surface area contributed by atoms with E-state index in [1.54, 1.807) is 0 Å². The third-order valence-electron chi connectivity index (χ3n) is 4.03. The van der Waals surface area contributed by atoms with E-state index in [0.29, 0.717) is 0 Å². The molecule has 2 bridgehead atoms. The summed E-state index contributed by atoms with van der Waals surface area (Å²) in [6.45, 7) is -0.252. The van der Waals surface area contributed by atoms with E-state index in [4.69, 9.17) is 15.0 Å². The van der Waals surface area contributed by atoms with Gasteiger partial charge in [-0.3, -0.25) is 9.59 Å². The quantitative estimate of drug-likeness (QED) is 0.565. The first-order valence-electron chi connectivity index (χ1n) is 5.42. The van der Waals surface area contributed by atoms with Crippen molar-refractivity contribution in [1.82, 2.24) is 0 Å². The van der Waals surface area contributed by atoms with Gasteiger partial charge in [-0.15, -0.1) is 0 Å². The minimum absolute atomic E-state index is 0.0346. The predicted molar refractivity (Wildman–Crippen MR) is 49.2 cm³/mol. The minimum Gasteiger partial charge on any atom is -0.462 e. The molecule has 2 aliphatic carbocycles. The smallest absolute Gasteiger partial charge is 0.311 e. The Morgan fingerprint density at radius 3 is 3.12 bits per heavy atom. The molecule has 3 rings (SSSR count). The summed E-state index contributed by atoms with van der Waals surface area (Å²) in [5.74, 6) is -0.891. The number of hydrogen-bond donors (Lipinski definition) is 1. The van der Waals surface area contributed by atoms with Crippen molar-refractivity contribution >= 4 is 11.9 Å². The summed E-state index contributed by atoms with van der Waals surface area (Å²) >= 11 is 0. The van der Waals surface area contributed by atoms with Crippen molar-refractivity contribution < 1.29 is 19.1 Å². The molecule has 0 aromatic carbocycles. The van der Waals surface area contributed by atoms with Crippen molar-refractivity contribution in [3.63, 3.8) is 0 Å². The van der Waals surface area contributed by atoms with E-state index < -0.39 is 5.97 Å². The van der Waals surface area contributed by atoms with E-state index in [0.717, 1.165) is 12.8 Å². The molecule has 1 aliphatic heterocycles. The fourth-order valence-electron chi connectivity index (χ4n) is 3.52. The Labute approximate surface area is 91.8 Å². The topological polar surface area (TPSA) is 88.8 Å². The number of hydrogen-bond acceptors (Lipinski definition) is 6. The monoisotopic (exact) mass is 224 g/mol. The lowest BCUT2D eigenvalue weighted by atomic mass is 9.80. The second-order valence-corrected chi connectivity index (χ2v) is 4.67. The van der Waals surface area contributed by atoms with Crippen LogP contribution in [0.5, 0.6) is 0 Å². The van der Waals surface area contributed by atoms with Gasteiger partial charge in [0.25, 0.3) is 0 Å². The van der Waals surface area contributed by atoms with Gasteiger partial charge in [0.1, 0.15) is 6.10 Å². The van der Waals surface area contributed by atoms with Gasteiger partial charge in [0.2, 0.25) is 6.73 Å². The van der Waals surface area contributed by atoms with Gasteiger partial charge in [0, 0.05) is 5.92 Å². The van der Waals surface area contributed by atoms with Crippen molar-refractivity contribution in [1.29, 1.82) is 5.53 Å². The highest BCUT2D eigenvalue weighted by Crippen LogP contribution is 2.57. The Balaban J connectivity index is 1.79. The van der Waals surface area contributed by atoms with E-state index in [2.05, 4.69) is 5.11 Å². The molecule has 6 heteroatoms. The lowest BCUT2D eigenvalue weighted by Gasteiger charge is -2.22. The van der Waals surface area contributed by atoms with Crippen LogP contribution in [0, 0.1) is 29.2 Å². The van der Waals surface area contributed by atoms with Crippen molar-refractivity contribution in [2.24, 2.45) is 28.8 Å². The minimum atomic E-state index is -0.397. The molecule has 1 heterocycles. The molecule has 86 valence electrons. The van der Waals surface area contributed by atoms with Gasteiger partial charge in [-0.05, 0) is 18.8 Å². The number of carbonyl (C=O) groups is 2. The van der Waals surface area contributed by atoms with Crippen molar-refractivity contribution in [2.75, 3.05) is 6.73 Å². The highest BCUT2D eigenvalue weighted by molar-refractivity contribution is 5.85. The Morgan fingerprint density at radius 2 is 2.38 bits per heavy atom. The van der Waals surface area contributed by atoms with Gasteiger partial charge in [-0.25, -0.2) is 5.53 Å². The maximum Gasteiger partial charge on any atom is 0.311 e. The maximum absolute atomic E-state index is 11.8. The Morgan fingerprint density at radius 1 is 1.56 bits per heavy atom. The summed E-state index contributed by atoms with van der Waals surface area (Å²) in [6.07, 6.45) is 1.70. The average molecular weight is 224 g/mol. The van der Waals surface area contributed by atoms with E-state index in [9.17, 15) is 9.59 Å². The van der Waals surface area contributed by atoms with Gasteiger partial charge < -0.3 is 9.47 Å². The molecule has 3 aliphatic rings. The van der Waals surface area contributed by atoms with Crippen LogP contribution in [-0.4, -0.2) is 24.8 Å². The van der Waals surface area contributed by atoms with E-state index >= 15 is 0 Å². The molecule has 3 fully saturated rings. The van der Waals surface area contributed by atoms with Crippen molar-refractivity contribution in [3.8, 4) is 0 Å².